The molecule has 0 fully saturated rings. The SMILES string of the molecule is CC(C)Cc1nnc(NC(=O)c2cc(Cl)c(N)c(Cl)c2)s1. The molecule has 0 atom stereocenters. The van der Waals surface area contributed by atoms with E-state index in [0.717, 1.165) is 11.4 Å². The maximum absolute atomic E-state index is 12.1. The highest BCUT2D eigenvalue weighted by Gasteiger charge is 2.14. The van der Waals surface area contributed by atoms with Gasteiger partial charge in [-0.05, 0) is 18.1 Å². The first-order valence-electron chi connectivity index (χ1n) is 6.25. The summed E-state index contributed by atoms with van der Waals surface area (Å²) in [7, 11) is 0. The van der Waals surface area contributed by atoms with E-state index in [-0.39, 0.29) is 21.6 Å². The summed E-state index contributed by atoms with van der Waals surface area (Å²) in [5.41, 5.74) is 6.21. The normalized spacial score (nSPS) is 10.9. The van der Waals surface area contributed by atoms with Crippen molar-refractivity contribution in [3.8, 4) is 0 Å². The zero-order valence-electron chi connectivity index (χ0n) is 11.5. The van der Waals surface area contributed by atoms with E-state index in [9.17, 15) is 4.79 Å². The molecule has 1 amide bonds. The largest absolute Gasteiger partial charge is 0.396 e. The summed E-state index contributed by atoms with van der Waals surface area (Å²) in [5.74, 6) is 0.127. The number of nitrogens with two attached hydrogens (primary N) is 1. The average Bonchev–Trinajstić information content (AvgIpc) is 2.81. The molecule has 0 aliphatic carbocycles. The summed E-state index contributed by atoms with van der Waals surface area (Å²) in [4.78, 5) is 12.1. The van der Waals surface area contributed by atoms with E-state index in [1.165, 1.54) is 23.5 Å². The molecule has 0 spiro atoms. The van der Waals surface area contributed by atoms with Gasteiger partial charge in [-0.2, -0.15) is 0 Å². The summed E-state index contributed by atoms with van der Waals surface area (Å²) in [5, 5.41) is 12.5. The monoisotopic (exact) mass is 344 g/mol. The number of anilines is 2. The Morgan fingerprint density at radius 3 is 2.52 bits per heavy atom. The van der Waals surface area contributed by atoms with E-state index in [4.69, 9.17) is 28.9 Å². The molecule has 0 aliphatic rings. The average molecular weight is 345 g/mol. The van der Waals surface area contributed by atoms with Crippen LogP contribution in [0.15, 0.2) is 12.1 Å². The lowest BCUT2D eigenvalue weighted by Gasteiger charge is -2.05. The molecule has 0 saturated carbocycles. The minimum absolute atomic E-state index is 0.241. The summed E-state index contributed by atoms with van der Waals surface area (Å²) >= 11 is 13.2. The minimum atomic E-state index is -0.356. The Hall–Kier alpha value is -1.37. The Balaban J connectivity index is 2.13. The van der Waals surface area contributed by atoms with Crippen molar-refractivity contribution in [1.82, 2.24) is 10.2 Å². The first-order valence-corrected chi connectivity index (χ1v) is 7.82. The molecule has 1 aromatic carbocycles. The van der Waals surface area contributed by atoms with Crippen molar-refractivity contribution in [2.24, 2.45) is 5.92 Å². The number of nitrogens with one attached hydrogen (secondary N) is 1. The fraction of sp³-hybridized carbons (Fsp3) is 0.308. The topological polar surface area (TPSA) is 80.9 Å². The molecule has 0 radical (unpaired) electrons. The van der Waals surface area contributed by atoms with Crippen LogP contribution >= 0.6 is 34.5 Å². The number of rotatable bonds is 4. The Bertz CT molecular complexity index is 649. The zero-order chi connectivity index (χ0) is 15.6. The van der Waals surface area contributed by atoms with Gasteiger partial charge in [0.1, 0.15) is 5.01 Å². The Kier molecular flexibility index (Phi) is 5.03. The number of hydrogen-bond donors (Lipinski definition) is 2. The number of hydrogen-bond acceptors (Lipinski definition) is 5. The summed E-state index contributed by atoms with van der Waals surface area (Å²) < 4.78 is 0. The lowest BCUT2D eigenvalue weighted by molar-refractivity contribution is 0.102. The van der Waals surface area contributed by atoms with Gasteiger partial charge in [0.2, 0.25) is 5.13 Å². The van der Waals surface area contributed by atoms with E-state index in [0.29, 0.717) is 16.6 Å². The van der Waals surface area contributed by atoms with E-state index in [2.05, 4.69) is 29.4 Å². The molecule has 0 aliphatic heterocycles. The number of amides is 1. The summed E-state index contributed by atoms with van der Waals surface area (Å²) in [6.45, 7) is 4.19. The molecule has 0 bridgehead atoms. The highest BCUT2D eigenvalue weighted by atomic mass is 35.5. The molecule has 8 heteroatoms. The van der Waals surface area contributed by atoms with Crippen LogP contribution in [0.3, 0.4) is 0 Å². The van der Waals surface area contributed by atoms with Gasteiger partial charge < -0.3 is 5.73 Å². The van der Waals surface area contributed by atoms with Crippen LogP contribution in [-0.2, 0) is 6.42 Å². The molecule has 3 N–H and O–H groups in total. The standard InChI is InChI=1S/C13H14Cl2N4OS/c1-6(2)3-10-18-19-13(21-10)17-12(20)7-4-8(14)11(16)9(15)5-7/h4-6H,3,16H2,1-2H3,(H,17,19,20). The van der Waals surface area contributed by atoms with Crippen molar-refractivity contribution in [3.05, 3.63) is 32.7 Å². The quantitative estimate of drug-likeness (QED) is 0.824. The van der Waals surface area contributed by atoms with Crippen LogP contribution in [0, 0.1) is 5.92 Å². The smallest absolute Gasteiger partial charge is 0.257 e. The van der Waals surface area contributed by atoms with Gasteiger partial charge in [-0.15, -0.1) is 10.2 Å². The lowest BCUT2D eigenvalue weighted by atomic mass is 10.1. The van der Waals surface area contributed by atoms with Gasteiger partial charge >= 0.3 is 0 Å². The fourth-order valence-corrected chi connectivity index (χ4v) is 3.05. The van der Waals surface area contributed by atoms with E-state index in [1.807, 2.05) is 0 Å². The number of aromatic nitrogens is 2. The van der Waals surface area contributed by atoms with Crippen molar-refractivity contribution in [2.45, 2.75) is 20.3 Å². The van der Waals surface area contributed by atoms with Crippen LogP contribution < -0.4 is 11.1 Å². The van der Waals surface area contributed by atoms with Crippen LogP contribution in [0.5, 0.6) is 0 Å². The third-order valence-corrected chi connectivity index (χ3v) is 4.10. The summed E-state index contributed by atoms with van der Waals surface area (Å²) in [6.07, 6.45) is 0.826. The number of nitrogens with zero attached hydrogens (tertiary/aromatic N) is 2. The molecule has 112 valence electrons. The Morgan fingerprint density at radius 1 is 1.33 bits per heavy atom. The molecule has 1 heterocycles. The van der Waals surface area contributed by atoms with Gasteiger partial charge in [0.25, 0.3) is 5.91 Å². The molecular weight excluding hydrogens is 331 g/mol. The first kappa shape index (κ1) is 16.0. The molecular formula is C13H14Cl2N4OS. The summed E-state index contributed by atoms with van der Waals surface area (Å²) in [6, 6.07) is 2.93. The van der Waals surface area contributed by atoms with Crippen molar-refractivity contribution < 1.29 is 4.79 Å². The van der Waals surface area contributed by atoms with Crippen molar-refractivity contribution >= 4 is 51.3 Å². The Labute approximate surface area is 136 Å². The molecule has 1 aromatic heterocycles. The van der Waals surface area contributed by atoms with Crippen molar-refractivity contribution in [3.63, 3.8) is 0 Å². The van der Waals surface area contributed by atoms with Gasteiger partial charge in [0, 0.05) is 12.0 Å². The number of nitrogen functional groups attached to an aromatic ring is 1. The highest BCUT2D eigenvalue weighted by Crippen LogP contribution is 2.29. The van der Waals surface area contributed by atoms with Gasteiger partial charge in [0.05, 0.1) is 15.7 Å². The van der Waals surface area contributed by atoms with Crippen LogP contribution in [0.4, 0.5) is 10.8 Å². The second-order valence-electron chi connectivity index (χ2n) is 4.91. The maximum Gasteiger partial charge on any atom is 0.257 e. The molecule has 0 unspecified atom stereocenters. The molecule has 2 rings (SSSR count). The second kappa shape index (κ2) is 6.60. The number of carbonyl (C=O) groups is 1. The van der Waals surface area contributed by atoms with Crippen LogP contribution in [0.1, 0.15) is 29.2 Å². The molecule has 2 aromatic rings. The maximum atomic E-state index is 12.1. The molecule has 5 nitrogen and oxygen atoms in total. The van der Waals surface area contributed by atoms with Crippen molar-refractivity contribution in [2.75, 3.05) is 11.1 Å². The molecule has 21 heavy (non-hydrogen) atoms. The highest BCUT2D eigenvalue weighted by molar-refractivity contribution is 7.15. The van der Waals surface area contributed by atoms with Gasteiger partial charge in [-0.3, -0.25) is 10.1 Å². The molecule has 0 saturated heterocycles. The Morgan fingerprint density at radius 2 is 1.95 bits per heavy atom. The van der Waals surface area contributed by atoms with E-state index in [1.54, 1.807) is 0 Å². The first-order chi connectivity index (χ1) is 9.86. The second-order valence-corrected chi connectivity index (χ2v) is 6.78. The lowest BCUT2D eigenvalue weighted by Crippen LogP contribution is -2.12. The van der Waals surface area contributed by atoms with Crippen LogP contribution in [-0.4, -0.2) is 16.1 Å². The predicted octanol–water partition coefficient (Wildman–Crippen LogP) is 3.88. The minimum Gasteiger partial charge on any atom is -0.396 e. The number of benzene rings is 1. The number of halogens is 2. The zero-order valence-corrected chi connectivity index (χ0v) is 13.8. The number of carbonyl (C=O) groups excluding carboxylic acids is 1. The van der Waals surface area contributed by atoms with Crippen molar-refractivity contribution in [1.29, 1.82) is 0 Å². The van der Waals surface area contributed by atoms with E-state index >= 15 is 0 Å². The van der Waals surface area contributed by atoms with Crippen LogP contribution in [0.2, 0.25) is 10.0 Å². The van der Waals surface area contributed by atoms with Crippen LogP contribution in [0.25, 0.3) is 0 Å². The van der Waals surface area contributed by atoms with E-state index < -0.39 is 0 Å². The third-order valence-electron chi connectivity index (χ3n) is 2.61. The third kappa shape index (κ3) is 4.06. The fourth-order valence-electron chi connectivity index (χ4n) is 1.62. The predicted molar refractivity (Wildman–Crippen MR) is 87.3 cm³/mol. The van der Waals surface area contributed by atoms with Gasteiger partial charge in [0.15, 0.2) is 0 Å². The van der Waals surface area contributed by atoms with Gasteiger partial charge in [-0.25, -0.2) is 0 Å². The van der Waals surface area contributed by atoms with Gasteiger partial charge in [-0.1, -0.05) is 48.4 Å².